The molecule has 1 heterocycles. The van der Waals surface area contributed by atoms with Crippen molar-refractivity contribution in [2.45, 2.75) is 13.1 Å². The highest BCUT2D eigenvalue weighted by Gasteiger charge is 2.26. The van der Waals surface area contributed by atoms with E-state index in [-0.39, 0.29) is 12.4 Å². The first-order valence-corrected chi connectivity index (χ1v) is 3.44. The summed E-state index contributed by atoms with van der Waals surface area (Å²) >= 11 is 0. The minimum atomic E-state index is 0. The monoisotopic (exact) mass is 162 g/mol. The maximum absolute atomic E-state index is 3.76. The SMILES string of the molecule is C=C[NH+]1CCN(C)C1C.[Cl-]. The van der Waals surface area contributed by atoms with Crippen molar-refractivity contribution < 1.29 is 17.3 Å². The molecule has 2 nitrogen and oxygen atoms in total. The first-order valence-electron chi connectivity index (χ1n) is 3.44. The van der Waals surface area contributed by atoms with E-state index in [4.69, 9.17) is 0 Å². The lowest BCUT2D eigenvalue weighted by molar-refractivity contribution is -0.863. The number of rotatable bonds is 1. The summed E-state index contributed by atoms with van der Waals surface area (Å²) in [6.07, 6.45) is 2.62. The van der Waals surface area contributed by atoms with E-state index in [1.165, 1.54) is 18.0 Å². The second kappa shape index (κ2) is 3.96. The topological polar surface area (TPSA) is 7.68 Å². The molecule has 1 aliphatic rings. The Hall–Kier alpha value is -0.0500. The number of halogens is 1. The van der Waals surface area contributed by atoms with Crippen LogP contribution in [0.25, 0.3) is 0 Å². The van der Waals surface area contributed by atoms with Crippen LogP contribution in [0.2, 0.25) is 0 Å². The standard InChI is InChI=1S/C7H14N2.ClH/c1-4-9-6-5-8(3)7(9)2;/h4,7H,1,5-6H2,2-3H3;1H. The minimum absolute atomic E-state index is 0. The third kappa shape index (κ3) is 1.72. The molecular weight excluding hydrogens is 148 g/mol. The van der Waals surface area contributed by atoms with Crippen molar-refractivity contribution in [3.05, 3.63) is 12.8 Å². The largest absolute Gasteiger partial charge is 1.00 e. The normalized spacial score (nSPS) is 33.4. The van der Waals surface area contributed by atoms with Crippen molar-refractivity contribution in [3.8, 4) is 0 Å². The summed E-state index contributed by atoms with van der Waals surface area (Å²) in [6, 6.07) is 0. The molecule has 0 spiro atoms. The van der Waals surface area contributed by atoms with Crippen molar-refractivity contribution >= 4 is 0 Å². The third-order valence-electron chi connectivity index (χ3n) is 2.21. The molecular formula is C7H15ClN2. The Balaban J connectivity index is 0.000000810. The number of nitrogens with one attached hydrogen (secondary N) is 1. The van der Waals surface area contributed by atoms with Crippen LogP contribution < -0.4 is 17.3 Å². The Bertz CT molecular complexity index is 116. The van der Waals surface area contributed by atoms with E-state index in [2.05, 4.69) is 25.5 Å². The molecule has 10 heavy (non-hydrogen) atoms. The summed E-state index contributed by atoms with van der Waals surface area (Å²) < 4.78 is 0. The Kier molecular flexibility index (Phi) is 3.94. The van der Waals surface area contributed by atoms with E-state index >= 15 is 0 Å². The third-order valence-corrected chi connectivity index (χ3v) is 2.21. The van der Waals surface area contributed by atoms with Crippen LogP contribution in [0.1, 0.15) is 6.92 Å². The number of quaternary nitrogens is 1. The van der Waals surface area contributed by atoms with Crippen LogP contribution >= 0.6 is 0 Å². The summed E-state index contributed by atoms with van der Waals surface area (Å²) in [5, 5.41) is 0. The molecule has 0 aromatic heterocycles. The van der Waals surface area contributed by atoms with Crippen LogP contribution in [0.15, 0.2) is 12.8 Å². The van der Waals surface area contributed by atoms with Gasteiger partial charge in [-0.3, -0.25) is 9.80 Å². The zero-order valence-electron chi connectivity index (χ0n) is 6.60. The smallest absolute Gasteiger partial charge is 0.145 e. The molecule has 2 atom stereocenters. The lowest BCUT2D eigenvalue weighted by Crippen LogP contribution is -3.09. The molecule has 0 aromatic carbocycles. The van der Waals surface area contributed by atoms with Gasteiger partial charge in [0.15, 0.2) is 0 Å². The van der Waals surface area contributed by atoms with Gasteiger partial charge in [-0.1, -0.05) is 0 Å². The van der Waals surface area contributed by atoms with Crippen molar-refractivity contribution in [2.75, 3.05) is 20.1 Å². The van der Waals surface area contributed by atoms with Crippen molar-refractivity contribution in [1.29, 1.82) is 0 Å². The van der Waals surface area contributed by atoms with E-state index in [1.807, 2.05) is 6.20 Å². The molecule has 60 valence electrons. The number of likely N-dealkylation sites (N-methyl/N-ethyl adjacent to an activating group) is 1. The first-order chi connectivity index (χ1) is 4.25. The first kappa shape index (κ1) is 9.95. The molecule has 1 saturated heterocycles. The molecule has 0 radical (unpaired) electrons. The molecule has 0 saturated carbocycles. The van der Waals surface area contributed by atoms with Crippen LogP contribution in [-0.2, 0) is 0 Å². The maximum Gasteiger partial charge on any atom is 0.145 e. The summed E-state index contributed by atoms with van der Waals surface area (Å²) in [7, 11) is 2.15. The van der Waals surface area contributed by atoms with Gasteiger partial charge < -0.3 is 12.4 Å². The van der Waals surface area contributed by atoms with Gasteiger partial charge in [0.25, 0.3) is 0 Å². The second-order valence-electron chi connectivity index (χ2n) is 2.69. The van der Waals surface area contributed by atoms with E-state index in [9.17, 15) is 0 Å². The summed E-state index contributed by atoms with van der Waals surface area (Å²) in [6.45, 7) is 8.40. The van der Waals surface area contributed by atoms with Crippen LogP contribution in [0.3, 0.4) is 0 Å². The molecule has 0 bridgehead atoms. The molecule has 1 aliphatic heterocycles. The zero-order chi connectivity index (χ0) is 6.85. The average molecular weight is 163 g/mol. The molecule has 1 rings (SSSR count). The van der Waals surface area contributed by atoms with E-state index in [0.29, 0.717) is 6.17 Å². The number of hydrogen-bond acceptors (Lipinski definition) is 1. The van der Waals surface area contributed by atoms with Gasteiger partial charge in [0.2, 0.25) is 0 Å². The highest BCUT2D eigenvalue weighted by Crippen LogP contribution is 1.90. The van der Waals surface area contributed by atoms with Crippen LogP contribution in [0, 0.1) is 0 Å². The van der Waals surface area contributed by atoms with E-state index in [1.54, 1.807) is 0 Å². The van der Waals surface area contributed by atoms with Crippen LogP contribution in [-0.4, -0.2) is 31.2 Å². The van der Waals surface area contributed by atoms with Gasteiger partial charge in [-0.15, -0.1) is 0 Å². The van der Waals surface area contributed by atoms with Gasteiger partial charge in [-0.25, -0.2) is 0 Å². The van der Waals surface area contributed by atoms with Gasteiger partial charge >= 0.3 is 0 Å². The van der Waals surface area contributed by atoms with Crippen molar-refractivity contribution in [1.82, 2.24) is 4.90 Å². The van der Waals surface area contributed by atoms with Crippen LogP contribution in [0.5, 0.6) is 0 Å². The molecule has 2 unspecified atom stereocenters. The molecule has 0 aromatic rings. The Morgan fingerprint density at radius 2 is 2.30 bits per heavy atom. The van der Waals surface area contributed by atoms with Gasteiger partial charge in [0, 0.05) is 6.92 Å². The zero-order valence-corrected chi connectivity index (χ0v) is 7.36. The van der Waals surface area contributed by atoms with Gasteiger partial charge in [-0.05, 0) is 13.6 Å². The predicted molar refractivity (Wildman–Crippen MR) is 38.1 cm³/mol. The highest BCUT2D eigenvalue weighted by molar-refractivity contribution is 4.62. The predicted octanol–water partition coefficient (Wildman–Crippen LogP) is -3.69. The van der Waals surface area contributed by atoms with E-state index < -0.39 is 0 Å². The number of hydrogen-bond donors (Lipinski definition) is 1. The van der Waals surface area contributed by atoms with Crippen molar-refractivity contribution in [2.24, 2.45) is 0 Å². The summed E-state index contributed by atoms with van der Waals surface area (Å²) in [4.78, 5) is 3.83. The van der Waals surface area contributed by atoms with Gasteiger partial charge in [-0.2, -0.15) is 0 Å². The highest BCUT2D eigenvalue weighted by atomic mass is 35.5. The molecule has 3 heteroatoms. The quantitative estimate of drug-likeness (QED) is 0.418. The number of nitrogens with zero attached hydrogens (tertiary/aromatic N) is 1. The Morgan fingerprint density at radius 1 is 1.70 bits per heavy atom. The molecule has 1 fully saturated rings. The fraction of sp³-hybridized carbons (Fsp3) is 0.714. The second-order valence-corrected chi connectivity index (χ2v) is 2.69. The average Bonchev–Trinajstić information content (AvgIpc) is 2.15. The molecule has 1 N–H and O–H groups in total. The molecule has 0 aliphatic carbocycles. The van der Waals surface area contributed by atoms with Crippen LogP contribution in [0.4, 0.5) is 0 Å². The molecule has 0 amide bonds. The summed E-state index contributed by atoms with van der Waals surface area (Å²) in [5.74, 6) is 0. The lowest BCUT2D eigenvalue weighted by atomic mass is 10.5. The van der Waals surface area contributed by atoms with Crippen molar-refractivity contribution in [3.63, 3.8) is 0 Å². The minimum Gasteiger partial charge on any atom is -1.00 e. The fourth-order valence-electron chi connectivity index (χ4n) is 1.26. The Morgan fingerprint density at radius 3 is 2.50 bits per heavy atom. The summed E-state index contributed by atoms with van der Waals surface area (Å²) in [5.41, 5.74) is 0. The Labute approximate surface area is 68.9 Å². The van der Waals surface area contributed by atoms with Gasteiger partial charge in [0.05, 0.1) is 19.3 Å². The fourth-order valence-corrected chi connectivity index (χ4v) is 1.26. The van der Waals surface area contributed by atoms with E-state index in [0.717, 1.165) is 0 Å². The maximum atomic E-state index is 3.76. The lowest BCUT2D eigenvalue weighted by Gasteiger charge is -2.15. The van der Waals surface area contributed by atoms with Gasteiger partial charge in [0.1, 0.15) is 6.17 Å².